The minimum atomic E-state index is -0.0608. The molecule has 1 aromatic carbocycles. The van der Waals surface area contributed by atoms with Crippen molar-refractivity contribution < 1.29 is 4.79 Å². The van der Waals surface area contributed by atoms with E-state index in [0.29, 0.717) is 17.1 Å². The lowest BCUT2D eigenvalue weighted by molar-refractivity contribution is 0.0958. The van der Waals surface area contributed by atoms with Crippen LogP contribution in [-0.4, -0.2) is 12.5 Å². The third kappa shape index (κ3) is 4.20. The number of rotatable bonds is 6. The predicted octanol–water partition coefficient (Wildman–Crippen LogP) is 4.80. The number of amides is 1. The number of halogens is 1. The van der Waals surface area contributed by atoms with Crippen molar-refractivity contribution >= 4 is 48.9 Å². The minimum Gasteiger partial charge on any atom is -0.397 e. The molecule has 0 aliphatic rings. The van der Waals surface area contributed by atoms with Gasteiger partial charge in [-0.2, -0.15) is 0 Å². The number of nitrogens with two attached hydrogens (primary N) is 1. The van der Waals surface area contributed by atoms with Crippen LogP contribution >= 0.6 is 27.3 Å². The van der Waals surface area contributed by atoms with Crippen LogP contribution in [-0.2, 0) is 0 Å². The number of nitrogens with one attached hydrogen (secondary N) is 1. The smallest absolute Gasteiger partial charge is 0.263 e. The molecule has 1 aromatic heterocycles. The van der Waals surface area contributed by atoms with Gasteiger partial charge in [0.25, 0.3) is 5.91 Å². The zero-order valence-corrected chi connectivity index (χ0v) is 14.8. The Morgan fingerprint density at radius 2 is 2.14 bits per heavy atom. The molecule has 0 radical (unpaired) electrons. The summed E-state index contributed by atoms with van der Waals surface area (Å²) in [5.74, 6) is 0.659. The van der Waals surface area contributed by atoms with Crippen LogP contribution in [0.3, 0.4) is 0 Å². The molecule has 0 spiro atoms. The molecule has 2 rings (SSSR count). The standard InChI is InChI=1S/C16H21BrN2OS/c1-10(2)5-3-4-8-19-16(20)15-14(18)12-9-11(17)6-7-13(12)21-15/h6-7,9-10H,3-5,8,18H2,1-2H3,(H,19,20). The third-order valence-corrected chi connectivity index (χ3v) is 5.07. The van der Waals surface area contributed by atoms with E-state index in [4.69, 9.17) is 5.73 Å². The number of anilines is 1. The zero-order valence-electron chi connectivity index (χ0n) is 12.4. The molecule has 0 atom stereocenters. The van der Waals surface area contributed by atoms with E-state index < -0.39 is 0 Å². The van der Waals surface area contributed by atoms with Gasteiger partial charge >= 0.3 is 0 Å². The number of carbonyl (C=O) groups is 1. The summed E-state index contributed by atoms with van der Waals surface area (Å²) in [7, 11) is 0. The van der Waals surface area contributed by atoms with Gasteiger partial charge < -0.3 is 11.1 Å². The summed E-state index contributed by atoms with van der Waals surface area (Å²) in [5, 5.41) is 3.91. The molecule has 1 amide bonds. The van der Waals surface area contributed by atoms with Gasteiger partial charge in [-0.3, -0.25) is 4.79 Å². The topological polar surface area (TPSA) is 55.1 Å². The lowest BCUT2D eigenvalue weighted by atomic mass is 10.1. The van der Waals surface area contributed by atoms with E-state index in [1.165, 1.54) is 17.8 Å². The molecule has 3 nitrogen and oxygen atoms in total. The molecule has 21 heavy (non-hydrogen) atoms. The molecule has 114 valence electrons. The van der Waals surface area contributed by atoms with E-state index in [1.807, 2.05) is 18.2 Å². The molecular formula is C16H21BrN2OS. The van der Waals surface area contributed by atoms with Crippen molar-refractivity contribution in [1.82, 2.24) is 5.32 Å². The third-order valence-electron chi connectivity index (χ3n) is 3.39. The maximum absolute atomic E-state index is 12.2. The first-order chi connectivity index (χ1) is 9.99. The van der Waals surface area contributed by atoms with Crippen molar-refractivity contribution in [2.75, 3.05) is 12.3 Å². The summed E-state index contributed by atoms with van der Waals surface area (Å²) in [6, 6.07) is 5.91. The summed E-state index contributed by atoms with van der Waals surface area (Å²) in [6.07, 6.45) is 3.36. The van der Waals surface area contributed by atoms with Crippen molar-refractivity contribution in [2.24, 2.45) is 5.92 Å². The lowest BCUT2D eigenvalue weighted by Gasteiger charge is -2.06. The predicted molar refractivity (Wildman–Crippen MR) is 95.0 cm³/mol. The fourth-order valence-corrected chi connectivity index (χ4v) is 3.60. The summed E-state index contributed by atoms with van der Waals surface area (Å²) in [4.78, 5) is 12.8. The summed E-state index contributed by atoms with van der Waals surface area (Å²) >= 11 is 4.88. The number of thiophene rings is 1. The number of benzene rings is 1. The van der Waals surface area contributed by atoms with Crippen LogP contribution in [0.25, 0.3) is 10.1 Å². The molecule has 0 aliphatic carbocycles. The van der Waals surface area contributed by atoms with Crippen molar-refractivity contribution in [3.05, 3.63) is 27.5 Å². The highest BCUT2D eigenvalue weighted by Gasteiger charge is 2.16. The molecule has 3 N–H and O–H groups in total. The average molecular weight is 369 g/mol. The quantitative estimate of drug-likeness (QED) is 0.719. The van der Waals surface area contributed by atoms with Crippen LogP contribution in [0.2, 0.25) is 0 Å². The molecule has 0 aliphatic heterocycles. The SMILES string of the molecule is CC(C)CCCCNC(=O)c1sc2ccc(Br)cc2c1N. The number of carbonyl (C=O) groups excluding carboxylic acids is 1. The van der Waals surface area contributed by atoms with E-state index >= 15 is 0 Å². The zero-order chi connectivity index (χ0) is 15.4. The molecule has 1 heterocycles. The Morgan fingerprint density at radius 1 is 1.38 bits per heavy atom. The molecule has 0 saturated heterocycles. The van der Waals surface area contributed by atoms with Gasteiger partial charge in [-0.1, -0.05) is 42.6 Å². The van der Waals surface area contributed by atoms with Gasteiger partial charge in [0.15, 0.2) is 0 Å². The van der Waals surface area contributed by atoms with Gasteiger partial charge in [0, 0.05) is 21.1 Å². The molecule has 5 heteroatoms. The highest BCUT2D eigenvalue weighted by Crippen LogP contribution is 2.35. The Kier molecular flexibility index (Phi) is 5.65. The number of nitrogen functional groups attached to an aromatic ring is 1. The van der Waals surface area contributed by atoms with Gasteiger partial charge in [-0.25, -0.2) is 0 Å². The van der Waals surface area contributed by atoms with Crippen molar-refractivity contribution in [2.45, 2.75) is 33.1 Å². The number of fused-ring (bicyclic) bond motifs is 1. The fraction of sp³-hybridized carbons (Fsp3) is 0.438. The van der Waals surface area contributed by atoms with Crippen molar-refractivity contribution in [1.29, 1.82) is 0 Å². The summed E-state index contributed by atoms with van der Waals surface area (Å²) < 4.78 is 2.01. The van der Waals surface area contributed by atoms with Crippen LogP contribution in [0.4, 0.5) is 5.69 Å². The molecule has 0 fully saturated rings. The Hall–Kier alpha value is -1.07. The summed E-state index contributed by atoms with van der Waals surface area (Å²) in [6.45, 7) is 5.15. The number of unbranched alkanes of at least 4 members (excludes halogenated alkanes) is 1. The normalized spacial score (nSPS) is 11.2. The average Bonchev–Trinajstić information content (AvgIpc) is 2.75. The molecular weight excluding hydrogens is 348 g/mol. The van der Waals surface area contributed by atoms with Crippen LogP contribution < -0.4 is 11.1 Å². The van der Waals surface area contributed by atoms with E-state index in [0.717, 1.165) is 33.3 Å². The Morgan fingerprint density at radius 3 is 2.86 bits per heavy atom. The second kappa shape index (κ2) is 7.27. The van der Waals surface area contributed by atoms with Crippen LogP contribution in [0, 0.1) is 5.92 Å². The second-order valence-corrected chi connectivity index (χ2v) is 7.60. The highest BCUT2D eigenvalue weighted by molar-refractivity contribution is 9.10. The number of hydrogen-bond acceptors (Lipinski definition) is 3. The first-order valence-electron chi connectivity index (χ1n) is 7.24. The molecule has 0 saturated carbocycles. The van der Waals surface area contributed by atoms with Crippen molar-refractivity contribution in [3.63, 3.8) is 0 Å². The fourth-order valence-electron chi connectivity index (χ4n) is 2.22. The molecule has 2 aromatic rings. The first kappa shape index (κ1) is 16.3. The van der Waals surface area contributed by atoms with E-state index in [9.17, 15) is 4.79 Å². The molecule has 0 unspecified atom stereocenters. The van der Waals surface area contributed by atoms with Gasteiger partial charge in [0.2, 0.25) is 0 Å². The number of hydrogen-bond donors (Lipinski definition) is 2. The Bertz CT molecular complexity index is 636. The first-order valence-corrected chi connectivity index (χ1v) is 8.85. The maximum Gasteiger partial charge on any atom is 0.263 e. The van der Waals surface area contributed by atoms with Gasteiger partial charge in [0.1, 0.15) is 4.88 Å². The van der Waals surface area contributed by atoms with Crippen molar-refractivity contribution in [3.8, 4) is 0 Å². The lowest BCUT2D eigenvalue weighted by Crippen LogP contribution is -2.24. The highest BCUT2D eigenvalue weighted by atomic mass is 79.9. The van der Waals surface area contributed by atoms with Crippen LogP contribution in [0.15, 0.2) is 22.7 Å². The van der Waals surface area contributed by atoms with E-state index in [-0.39, 0.29) is 5.91 Å². The molecule has 0 bridgehead atoms. The van der Waals surface area contributed by atoms with E-state index in [2.05, 4.69) is 35.1 Å². The Labute approximate surface area is 138 Å². The minimum absolute atomic E-state index is 0.0608. The maximum atomic E-state index is 12.2. The monoisotopic (exact) mass is 368 g/mol. The van der Waals surface area contributed by atoms with Crippen LogP contribution in [0.5, 0.6) is 0 Å². The Balaban J connectivity index is 1.98. The van der Waals surface area contributed by atoms with Crippen LogP contribution in [0.1, 0.15) is 42.8 Å². The van der Waals surface area contributed by atoms with Gasteiger partial charge in [-0.05, 0) is 30.5 Å². The second-order valence-electron chi connectivity index (χ2n) is 5.63. The van der Waals surface area contributed by atoms with E-state index in [1.54, 1.807) is 0 Å². The summed E-state index contributed by atoms with van der Waals surface area (Å²) in [5.41, 5.74) is 6.69. The largest absolute Gasteiger partial charge is 0.397 e. The van der Waals surface area contributed by atoms with Gasteiger partial charge in [-0.15, -0.1) is 11.3 Å². The van der Waals surface area contributed by atoms with Gasteiger partial charge in [0.05, 0.1) is 5.69 Å².